The number of amides is 1. The second-order valence-corrected chi connectivity index (χ2v) is 6.56. The topological polar surface area (TPSA) is 79.4 Å². The quantitative estimate of drug-likeness (QED) is 0.466. The highest BCUT2D eigenvalue weighted by molar-refractivity contribution is 9.10. The van der Waals surface area contributed by atoms with Gasteiger partial charge < -0.3 is 4.74 Å². The first-order valence-corrected chi connectivity index (χ1v) is 8.72. The number of benzene rings is 2. The monoisotopic (exact) mass is 432 g/mol. The highest BCUT2D eigenvalue weighted by Crippen LogP contribution is 2.24. The second-order valence-electron chi connectivity index (χ2n) is 5.27. The Morgan fingerprint density at radius 3 is 2.73 bits per heavy atom. The highest BCUT2D eigenvalue weighted by atomic mass is 79.9. The van der Waals surface area contributed by atoms with Crippen molar-refractivity contribution in [2.45, 2.75) is 0 Å². The molecule has 0 aliphatic heterocycles. The van der Waals surface area contributed by atoms with Crippen LogP contribution < -0.4 is 10.2 Å². The summed E-state index contributed by atoms with van der Waals surface area (Å²) < 4.78 is 5.97. The standard InChI is InChI=1S/C18H14BrClN4O2/c1-26-17-7-2-11(8-14(17)19)10-21-24-18(25)16-9-15(22-23-16)12-3-5-13(20)6-4-12/h2-10H,1H3,(H,22,23)(H,24,25)/b21-10-. The summed E-state index contributed by atoms with van der Waals surface area (Å²) in [7, 11) is 1.59. The summed E-state index contributed by atoms with van der Waals surface area (Å²) in [5.41, 5.74) is 5.08. The normalized spacial score (nSPS) is 10.9. The number of rotatable bonds is 5. The summed E-state index contributed by atoms with van der Waals surface area (Å²) >= 11 is 9.27. The molecular weight excluding hydrogens is 420 g/mol. The number of aromatic amines is 1. The van der Waals surface area contributed by atoms with Gasteiger partial charge in [0.25, 0.3) is 5.91 Å². The molecule has 3 rings (SSSR count). The molecule has 1 aromatic heterocycles. The van der Waals surface area contributed by atoms with E-state index >= 15 is 0 Å². The number of hydrazone groups is 1. The molecule has 0 bridgehead atoms. The summed E-state index contributed by atoms with van der Waals surface area (Å²) in [6.07, 6.45) is 1.54. The van der Waals surface area contributed by atoms with Crippen molar-refractivity contribution in [2.24, 2.45) is 5.10 Å². The minimum Gasteiger partial charge on any atom is -0.496 e. The van der Waals surface area contributed by atoms with E-state index in [1.54, 1.807) is 37.6 Å². The van der Waals surface area contributed by atoms with Gasteiger partial charge in [0.05, 0.1) is 23.5 Å². The fourth-order valence-electron chi connectivity index (χ4n) is 2.20. The molecule has 0 atom stereocenters. The Balaban J connectivity index is 1.65. The first-order chi connectivity index (χ1) is 12.6. The van der Waals surface area contributed by atoms with Gasteiger partial charge >= 0.3 is 0 Å². The summed E-state index contributed by atoms with van der Waals surface area (Å²) in [5.74, 6) is 0.333. The third kappa shape index (κ3) is 4.30. The number of halogens is 2. The van der Waals surface area contributed by atoms with Gasteiger partial charge in [0.1, 0.15) is 11.4 Å². The van der Waals surface area contributed by atoms with E-state index in [2.05, 4.69) is 36.7 Å². The lowest BCUT2D eigenvalue weighted by Gasteiger charge is -2.03. The smallest absolute Gasteiger partial charge is 0.289 e. The van der Waals surface area contributed by atoms with Crippen LogP contribution in [0.3, 0.4) is 0 Å². The SMILES string of the molecule is COc1ccc(/C=N\NC(=O)c2cc(-c3ccc(Cl)cc3)n[nH]2)cc1Br. The first kappa shape index (κ1) is 18.2. The zero-order chi connectivity index (χ0) is 18.5. The fourth-order valence-corrected chi connectivity index (χ4v) is 2.88. The molecule has 2 aromatic carbocycles. The molecule has 132 valence electrons. The van der Waals surface area contributed by atoms with Crippen LogP contribution in [0.4, 0.5) is 0 Å². The molecule has 2 N–H and O–H groups in total. The third-order valence-electron chi connectivity index (χ3n) is 3.52. The number of methoxy groups -OCH3 is 1. The van der Waals surface area contributed by atoms with Gasteiger partial charge in [0.2, 0.25) is 0 Å². The molecular formula is C18H14BrClN4O2. The van der Waals surface area contributed by atoms with E-state index in [1.165, 1.54) is 0 Å². The van der Waals surface area contributed by atoms with E-state index in [-0.39, 0.29) is 5.91 Å². The Bertz CT molecular complexity index is 954. The summed E-state index contributed by atoms with van der Waals surface area (Å²) in [6, 6.07) is 14.3. The van der Waals surface area contributed by atoms with Gasteiger partial charge in [0, 0.05) is 10.6 Å². The molecule has 0 saturated carbocycles. The molecule has 8 heteroatoms. The van der Waals surface area contributed by atoms with Crippen molar-refractivity contribution in [3.8, 4) is 17.0 Å². The number of aromatic nitrogens is 2. The Hall–Kier alpha value is -2.64. The molecule has 0 unspecified atom stereocenters. The maximum absolute atomic E-state index is 12.2. The van der Waals surface area contributed by atoms with Crippen LogP contribution in [0, 0.1) is 0 Å². The number of hydrogen-bond acceptors (Lipinski definition) is 4. The molecule has 0 aliphatic rings. The number of carbonyl (C=O) groups is 1. The zero-order valence-corrected chi connectivity index (χ0v) is 16.0. The Morgan fingerprint density at radius 1 is 1.27 bits per heavy atom. The lowest BCUT2D eigenvalue weighted by Crippen LogP contribution is -2.18. The predicted molar refractivity (Wildman–Crippen MR) is 105 cm³/mol. The molecule has 1 amide bonds. The maximum Gasteiger partial charge on any atom is 0.289 e. The van der Waals surface area contributed by atoms with E-state index in [0.717, 1.165) is 21.3 Å². The summed E-state index contributed by atoms with van der Waals surface area (Å²) in [6.45, 7) is 0. The van der Waals surface area contributed by atoms with E-state index in [9.17, 15) is 4.79 Å². The van der Waals surface area contributed by atoms with Gasteiger partial charge in [0.15, 0.2) is 0 Å². The summed E-state index contributed by atoms with van der Waals surface area (Å²) in [4.78, 5) is 12.2. The van der Waals surface area contributed by atoms with Crippen molar-refractivity contribution in [3.63, 3.8) is 0 Å². The van der Waals surface area contributed by atoms with Gasteiger partial charge in [-0.15, -0.1) is 0 Å². The maximum atomic E-state index is 12.2. The van der Waals surface area contributed by atoms with Crippen molar-refractivity contribution in [1.82, 2.24) is 15.6 Å². The van der Waals surface area contributed by atoms with Crippen molar-refractivity contribution in [2.75, 3.05) is 7.11 Å². The van der Waals surface area contributed by atoms with Crippen LogP contribution in [0.1, 0.15) is 16.1 Å². The lowest BCUT2D eigenvalue weighted by molar-refractivity contribution is 0.0950. The third-order valence-corrected chi connectivity index (χ3v) is 4.39. The van der Waals surface area contributed by atoms with Crippen molar-refractivity contribution >= 4 is 39.7 Å². The minimum absolute atomic E-state index is 0.308. The van der Waals surface area contributed by atoms with E-state index in [4.69, 9.17) is 16.3 Å². The number of hydrogen-bond donors (Lipinski definition) is 2. The fraction of sp³-hybridized carbons (Fsp3) is 0.0556. The Labute approximate surface area is 163 Å². The Morgan fingerprint density at radius 2 is 2.04 bits per heavy atom. The molecule has 6 nitrogen and oxygen atoms in total. The molecule has 0 saturated heterocycles. The zero-order valence-electron chi connectivity index (χ0n) is 13.7. The average Bonchev–Trinajstić information content (AvgIpc) is 3.12. The molecule has 0 radical (unpaired) electrons. The van der Waals surface area contributed by atoms with Crippen LogP contribution in [-0.4, -0.2) is 29.4 Å². The van der Waals surface area contributed by atoms with Crippen LogP contribution in [0.5, 0.6) is 5.75 Å². The van der Waals surface area contributed by atoms with Crippen LogP contribution in [0.15, 0.2) is 58.1 Å². The molecule has 0 fully saturated rings. The highest BCUT2D eigenvalue weighted by Gasteiger charge is 2.10. The van der Waals surface area contributed by atoms with Crippen molar-refractivity contribution in [3.05, 3.63) is 69.3 Å². The number of H-pyrrole nitrogens is 1. The van der Waals surface area contributed by atoms with E-state index in [0.29, 0.717) is 16.4 Å². The van der Waals surface area contributed by atoms with Gasteiger partial charge in [-0.05, 0) is 57.9 Å². The van der Waals surface area contributed by atoms with E-state index in [1.807, 2.05) is 24.3 Å². The van der Waals surface area contributed by atoms with Gasteiger partial charge in [-0.25, -0.2) is 5.43 Å². The van der Waals surface area contributed by atoms with Gasteiger partial charge in [-0.3, -0.25) is 9.89 Å². The first-order valence-electron chi connectivity index (χ1n) is 7.55. The van der Waals surface area contributed by atoms with Crippen LogP contribution >= 0.6 is 27.5 Å². The number of nitrogens with one attached hydrogen (secondary N) is 2. The predicted octanol–water partition coefficient (Wildman–Crippen LogP) is 4.27. The molecule has 0 spiro atoms. The lowest BCUT2D eigenvalue weighted by atomic mass is 10.1. The van der Waals surface area contributed by atoms with Gasteiger partial charge in [-0.1, -0.05) is 23.7 Å². The molecule has 3 aromatic rings. The van der Waals surface area contributed by atoms with E-state index < -0.39 is 0 Å². The summed E-state index contributed by atoms with van der Waals surface area (Å²) in [5, 5.41) is 11.4. The van der Waals surface area contributed by atoms with Crippen LogP contribution in [0.2, 0.25) is 5.02 Å². The Kier molecular flexibility index (Phi) is 5.70. The molecule has 26 heavy (non-hydrogen) atoms. The molecule has 1 heterocycles. The van der Waals surface area contributed by atoms with Crippen LogP contribution in [-0.2, 0) is 0 Å². The van der Waals surface area contributed by atoms with Crippen LogP contribution in [0.25, 0.3) is 11.3 Å². The minimum atomic E-state index is -0.387. The largest absolute Gasteiger partial charge is 0.496 e. The van der Waals surface area contributed by atoms with Gasteiger partial charge in [-0.2, -0.15) is 10.2 Å². The number of carbonyl (C=O) groups excluding carboxylic acids is 1. The van der Waals surface area contributed by atoms with Crippen molar-refractivity contribution < 1.29 is 9.53 Å². The average molecular weight is 434 g/mol. The number of nitrogens with zero attached hydrogens (tertiary/aromatic N) is 2. The molecule has 0 aliphatic carbocycles. The second kappa shape index (κ2) is 8.16. The number of ether oxygens (including phenoxy) is 1. The van der Waals surface area contributed by atoms with Crippen molar-refractivity contribution in [1.29, 1.82) is 0 Å².